The highest BCUT2D eigenvalue weighted by molar-refractivity contribution is 5.22. The predicted octanol–water partition coefficient (Wildman–Crippen LogP) is 2.37. The summed E-state index contributed by atoms with van der Waals surface area (Å²) in [5, 5.41) is 3.49. The Morgan fingerprint density at radius 3 is 2.41 bits per heavy atom. The maximum Gasteiger partial charge on any atom is -0.000824 e. The van der Waals surface area contributed by atoms with Crippen LogP contribution in [0.4, 0.5) is 0 Å². The van der Waals surface area contributed by atoms with Crippen molar-refractivity contribution in [3.05, 3.63) is 35.4 Å². The van der Waals surface area contributed by atoms with E-state index in [1.54, 1.807) is 0 Å². The summed E-state index contributed by atoms with van der Waals surface area (Å²) < 4.78 is 0. The number of aryl methyl sites for hydroxylation is 1. The zero-order valence-electron chi connectivity index (χ0n) is 11.2. The van der Waals surface area contributed by atoms with Crippen LogP contribution in [-0.4, -0.2) is 19.6 Å². The van der Waals surface area contributed by atoms with Crippen molar-refractivity contribution < 1.29 is 0 Å². The first-order chi connectivity index (χ1) is 8.26. The minimum absolute atomic E-state index is 0.683. The number of nitrogens with one attached hydrogen (secondary N) is 1. The lowest BCUT2D eigenvalue weighted by molar-refractivity contribution is 0.489. The Morgan fingerprint density at radius 1 is 1.18 bits per heavy atom. The lowest BCUT2D eigenvalue weighted by atomic mass is 10.1. The van der Waals surface area contributed by atoms with Crippen molar-refractivity contribution in [1.82, 2.24) is 5.32 Å². The molecule has 2 nitrogen and oxygen atoms in total. The Morgan fingerprint density at radius 2 is 1.82 bits per heavy atom. The standard InChI is InChI=1S/C15H26N2/c1-3-14-4-6-15(7-5-14)9-11-17-12-13(2)8-10-16/h4-7,13,17H,3,8-12,16H2,1-2H3. The normalized spacial score (nSPS) is 12.6. The van der Waals surface area contributed by atoms with Gasteiger partial charge in [-0.1, -0.05) is 38.1 Å². The summed E-state index contributed by atoms with van der Waals surface area (Å²) in [6, 6.07) is 8.94. The lowest BCUT2D eigenvalue weighted by Crippen LogP contribution is -2.24. The van der Waals surface area contributed by atoms with E-state index >= 15 is 0 Å². The molecule has 0 aliphatic rings. The largest absolute Gasteiger partial charge is 0.330 e. The number of rotatable bonds is 8. The maximum absolute atomic E-state index is 5.52. The first-order valence-electron chi connectivity index (χ1n) is 6.74. The molecule has 1 atom stereocenters. The summed E-state index contributed by atoms with van der Waals surface area (Å²) in [6.45, 7) is 7.36. The van der Waals surface area contributed by atoms with Gasteiger partial charge in [0, 0.05) is 0 Å². The van der Waals surface area contributed by atoms with Gasteiger partial charge in [0.1, 0.15) is 0 Å². The summed E-state index contributed by atoms with van der Waals surface area (Å²) in [5.41, 5.74) is 8.36. The molecule has 3 N–H and O–H groups in total. The van der Waals surface area contributed by atoms with Crippen LogP contribution in [0.25, 0.3) is 0 Å². The fourth-order valence-corrected chi connectivity index (χ4v) is 1.91. The molecule has 0 saturated carbocycles. The Kier molecular flexibility index (Phi) is 6.90. The molecule has 17 heavy (non-hydrogen) atoms. The lowest BCUT2D eigenvalue weighted by Gasteiger charge is -2.11. The Hall–Kier alpha value is -0.860. The fraction of sp³-hybridized carbons (Fsp3) is 0.600. The number of benzene rings is 1. The van der Waals surface area contributed by atoms with E-state index in [-0.39, 0.29) is 0 Å². The van der Waals surface area contributed by atoms with Crippen molar-refractivity contribution in [1.29, 1.82) is 0 Å². The third-order valence-electron chi connectivity index (χ3n) is 3.17. The van der Waals surface area contributed by atoms with E-state index < -0.39 is 0 Å². The summed E-state index contributed by atoms with van der Waals surface area (Å²) in [5.74, 6) is 0.683. The van der Waals surface area contributed by atoms with Crippen LogP contribution in [0.15, 0.2) is 24.3 Å². The van der Waals surface area contributed by atoms with Crippen LogP contribution < -0.4 is 11.1 Å². The van der Waals surface area contributed by atoms with Crippen LogP contribution in [0, 0.1) is 5.92 Å². The highest BCUT2D eigenvalue weighted by Crippen LogP contribution is 2.05. The SMILES string of the molecule is CCc1ccc(CCNCC(C)CCN)cc1. The van der Waals surface area contributed by atoms with Gasteiger partial charge < -0.3 is 11.1 Å². The Labute approximate surface area is 106 Å². The van der Waals surface area contributed by atoms with Crippen molar-refractivity contribution >= 4 is 0 Å². The second-order valence-corrected chi connectivity index (χ2v) is 4.81. The van der Waals surface area contributed by atoms with Gasteiger partial charge >= 0.3 is 0 Å². The number of nitrogens with two attached hydrogens (primary N) is 1. The quantitative estimate of drug-likeness (QED) is 0.678. The third-order valence-corrected chi connectivity index (χ3v) is 3.17. The molecule has 0 aliphatic carbocycles. The van der Waals surface area contributed by atoms with Crippen LogP contribution in [0.1, 0.15) is 31.4 Å². The summed E-state index contributed by atoms with van der Waals surface area (Å²) in [4.78, 5) is 0. The molecule has 1 aromatic carbocycles. The first kappa shape index (κ1) is 14.2. The fourth-order valence-electron chi connectivity index (χ4n) is 1.91. The third kappa shape index (κ3) is 5.85. The molecule has 0 aromatic heterocycles. The van der Waals surface area contributed by atoms with Crippen molar-refractivity contribution in [2.45, 2.75) is 33.1 Å². The molecular weight excluding hydrogens is 208 g/mol. The average Bonchev–Trinajstić information content (AvgIpc) is 2.36. The molecule has 96 valence electrons. The highest BCUT2D eigenvalue weighted by atomic mass is 14.8. The molecule has 0 amide bonds. The molecule has 2 heteroatoms. The smallest absolute Gasteiger partial charge is 0.000824 e. The molecule has 0 bridgehead atoms. The minimum Gasteiger partial charge on any atom is -0.330 e. The van der Waals surface area contributed by atoms with E-state index in [2.05, 4.69) is 43.4 Å². The second-order valence-electron chi connectivity index (χ2n) is 4.81. The molecule has 0 spiro atoms. The molecular formula is C15H26N2. The van der Waals surface area contributed by atoms with Crippen molar-refractivity contribution in [3.63, 3.8) is 0 Å². The molecule has 0 fully saturated rings. The average molecular weight is 234 g/mol. The molecule has 0 saturated heterocycles. The van der Waals surface area contributed by atoms with Gasteiger partial charge in [0.2, 0.25) is 0 Å². The van der Waals surface area contributed by atoms with Gasteiger partial charge in [0.25, 0.3) is 0 Å². The molecule has 0 heterocycles. The highest BCUT2D eigenvalue weighted by Gasteiger charge is 1.99. The minimum atomic E-state index is 0.683. The second kappa shape index (κ2) is 8.26. The van der Waals surface area contributed by atoms with Crippen LogP contribution in [0.3, 0.4) is 0 Å². The summed E-state index contributed by atoms with van der Waals surface area (Å²) in [6.07, 6.45) is 3.34. The van der Waals surface area contributed by atoms with E-state index in [9.17, 15) is 0 Å². The van der Waals surface area contributed by atoms with E-state index in [1.807, 2.05) is 0 Å². The van der Waals surface area contributed by atoms with Crippen LogP contribution in [0.2, 0.25) is 0 Å². The van der Waals surface area contributed by atoms with Crippen LogP contribution >= 0.6 is 0 Å². The predicted molar refractivity (Wildman–Crippen MR) is 75.2 cm³/mol. The van der Waals surface area contributed by atoms with Crippen LogP contribution in [0.5, 0.6) is 0 Å². The molecule has 1 unspecified atom stereocenters. The molecule has 0 radical (unpaired) electrons. The Bertz CT molecular complexity index is 292. The van der Waals surface area contributed by atoms with E-state index in [0.717, 1.165) is 38.9 Å². The van der Waals surface area contributed by atoms with Crippen LogP contribution in [-0.2, 0) is 12.8 Å². The van der Waals surface area contributed by atoms with E-state index in [4.69, 9.17) is 5.73 Å². The van der Waals surface area contributed by atoms with Crippen molar-refractivity contribution in [2.75, 3.05) is 19.6 Å². The van der Waals surface area contributed by atoms with Gasteiger partial charge in [-0.2, -0.15) is 0 Å². The number of hydrogen-bond acceptors (Lipinski definition) is 2. The topological polar surface area (TPSA) is 38.0 Å². The zero-order valence-corrected chi connectivity index (χ0v) is 11.2. The molecule has 1 aromatic rings. The van der Waals surface area contributed by atoms with E-state index in [0.29, 0.717) is 5.92 Å². The van der Waals surface area contributed by atoms with Gasteiger partial charge in [-0.15, -0.1) is 0 Å². The van der Waals surface area contributed by atoms with Gasteiger partial charge in [0.15, 0.2) is 0 Å². The van der Waals surface area contributed by atoms with Gasteiger partial charge in [-0.3, -0.25) is 0 Å². The first-order valence-corrected chi connectivity index (χ1v) is 6.74. The molecule has 1 rings (SSSR count). The van der Waals surface area contributed by atoms with Gasteiger partial charge in [0.05, 0.1) is 0 Å². The van der Waals surface area contributed by atoms with Crippen molar-refractivity contribution in [2.24, 2.45) is 11.7 Å². The van der Waals surface area contributed by atoms with Gasteiger partial charge in [-0.05, 0) is 55.9 Å². The zero-order chi connectivity index (χ0) is 12.5. The Balaban J connectivity index is 2.17. The molecule has 0 aliphatic heterocycles. The monoisotopic (exact) mass is 234 g/mol. The number of hydrogen-bond donors (Lipinski definition) is 2. The van der Waals surface area contributed by atoms with Crippen molar-refractivity contribution in [3.8, 4) is 0 Å². The van der Waals surface area contributed by atoms with Gasteiger partial charge in [-0.25, -0.2) is 0 Å². The summed E-state index contributed by atoms with van der Waals surface area (Å²) >= 11 is 0. The van der Waals surface area contributed by atoms with E-state index in [1.165, 1.54) is 11.1 Å². The summed E-state index contributed by atoms with van der Waals surface area (Å²) in [7, 11) is 0. The maximum atomic E-state index is 5.52.